The van der Waals surface area contributed by atoms with E-state index in [9.17, 15) is 0 Å². The van der Waals surface area contributed by atoms with Crippen LogP contribution in [0.4, 0.5) is 0 Å². The predicted octanol–water partition coefficient (Wildman–Crippen LogP) is 1.11. The van der Waals surface area contributed by atoms with Gasteiger partial charge in [-0.05, 0) is 38.4 Å². The number of likely N-dealkylation sites (N-methyl/N-ethyl adjacent to an activating group) is 1. The normalized spacial score (nSPS) is 39.2. The molecule has 2 bridgehead atoms. The van der Waals surface area contributed by atoms with Crippen LogP contribution in [0, 0.1) is 5.92 Å². The van der Waals surface area contributed by atoms with Crippen LogP contribution >= 0.6 is 12.4 Å². The summed E-state index contributed by atoms with van der Waals surface area (Å²) in [4.78, 5) is 2.59. The van der Waals surface area contributed by atoms with Crippen LogP contribution in [0.2, 0.25) is 0 Å². The van der Waals surface area contributed by atoms with Gasteiger partial charge in [-0.15, -0.1) is 12.4 Å². The molecule has 3 aliphatic heterocycles. The Labute approximate surface area is 81.1 Å². The fourth-order valence-electron chi connectivity index (χ4n) is 2.46. The van der Waals surface area contributed by atoms with Crippen LogP contribution in [0.15, 0.2) is 0 Å². The SMILES string of the molecule is CCNC1CN2CCC1CC2.Cl. The highest BCUT2D eigenvalue weighted by Crippen LogP contribution is 2.27. The smallest absolute Gasteiger partial charge is 0.0224 e. The molecule has 0 saturated carbocycles. The van der Waals surface area contributed by atoms with Gasteiger partial charge >= 0.3 is 0 Å². The number of halogens is 1. The molecule has 3 rings (SSSR count). The molecule has 0 spiro atoms. The van der Waals surface area contributed by atoms with Gasteiger partial charge in [0.05, 0.1) is 0 Å². The van der Waals surface area contributed by atoms with E-state index < -0.39 is 0 Å². The zero-order valence-electron chi connectivity index (χ0n) is 7.75. The average Bonchev–Trinajstić information content (AvgIpc) is 2.07. The average molecular weight is 191 g/mol. The third-order valence-corrected chi connectivity index (χ3v) is 3.12. The van der Waals surface area contributed by atoms with Gasteiger partial charge in [-0.2, -0.15) is 0 Å². The molecule has 1 atom stereocenters. The topological polar surface area (TPSA) is 15.3 Å². The fraction of sp³-hybridized carbons (Fsp3) is 1.00. The summed E-state index contributed by atoms with van der Waals surface area (Å²) in [5.41, 5.74) is 0. The number of rotatable bonds is 2. The van der Waals surface area contributed by atoms with Crippen LogP contribution in [0.3, 0.4) is 0 Å². The van der Waals surface area contributed by atoms with Crippen LogP contribution in [0.25, 0.3) is 0 Å². The molecule has 2 nitrogen and oxygen atoms in total. The summed E-state index contributed by atoms with van der Waals surface area (Å²) < 4.78 is 0. The summed E-state index contributed by atoms with van der Waals surface area (Å²) in [6, 6.07) is 0.808. The highest BCUT2D eigenvalue weighted by atomic mass is 35.5. The Morgan fingerprint density at radius 2 is 2.00 bits per heavy atom. The highest BCUT2D eigenvalue weighted by molar-refractivity contribution is 5.85. The van der Waals surface area contributed by atoms with Gasteiger partial charge in [-0.3, -0.25) is 0 Å². The quantitative estimate of drug-likeness (QED) is 0.702. The number of hydrogen-bond donors (Lipinski definition) is 1. The van der Waals surface area contributed by atoms with Crippen molar-refractivity contribution in [2.45, 2.75) is 25.8 Å². The van der Waals surface area contributed by atoms with Crippen LogP contribution in [0.1, 0.15) is 19.8 Å². The first kappa shape index (κ1) is 10.3. The van der Waals surface area contributed by atoms with Gasteiger partial charge in [0.1, 0.15) is 0 Å². The summed E-state index contributed by atoms with van der Waals surface area (Å²) in [6.45, 7) is 7.35. The fourth-order valence-corrected chi connectivity index (χ4v) is 2.46. The van der Waals surface area contributed by atoms with Crippen molar-refractivity contribution in [3.63, 3.8) is 0 Å². The zero-order chi connectivity index (χ0) is 7.68. The van der Waals surface area contributed by atoms with E-state index in [0.717, 1.165) is 18.5 Å². The lowest BCUT2D eigenvalue weighted by Gasteiger charge is -2.45. The summed E-state index contributed by atoms with van der Waals surface area (Å²) in [7, 11) is 0. The van der Waals surface area contributed by atoms with Gasteiger partial charge in [0.25, 0.3) is 0 Å². The first-order valence-electron chi connectivity index (χ1n) is 4.86. The molecule has 0 aromatic rings. The van der Waals surface area contributed by atoms with E-state index >= 15 is 0 Å². The minimum Gasteiger partial charge on any atom is -0.313 e. The standard InChI is InChI=1S/C9H18N2.ClH/c1-2-10-9-7-11-5-3-8(9)4-6-11;/h8-10H,2-7H2,1H3;1H. The van der Waals surface area contributed by atoms with Crippen LogP contribution < -0.4 is 5.32 Å². The number of nitrogens with zero attached hydrogens (tertiary/aromatic N) is 1. The zero-order valence-corrected chi connectivity index (χ0v) is 8.57. The first-order chi connectivity index (χ1) is 5.40. The Morgan fingerprint density at radius 1 is 1.33 bits per heavy atom. The van der Waals surface area contributed by atoms with Crippen LogP contribution in [-0.2, 0) is 0 Å². The maximum atomic E-state index is 3.57. The third-order valence-electron chi connectivity index (χ3n) is 3.12. The molecule has 12 heavy (non-hydrogen) atoms. The first-order valence-corrected chi connectivity index (χ1v) is 4.86. The second-order valence-electron chi connectivity index (χ2n) is 3.80. The van der Waals surface area contributed by atoms with Crippen LogP contribution in [0.5, 0.6) is 0 Å². The highest BCUT2D eigenvalue weighted by Gasteiger charge is 2.32. The molecule has 0 amide bonds. The van der Waals surface area contributed by atoms with Crippen molar-refractivity contribution >= 4 is 12.4 Å². The van der Waals surface area contributed by atoms with Crippen molar-refractivity contribution in [3.05, 3.63) is 0 Å². The number of fused-ring (bicyclic) bond motifs is 3. The molecule has 3 aliphatic rings. The number of piperidine rings is 3. The van der Waals surface area contributed by atoms with Gasteiger partial charge in [0.2, 0.25) is 0 Å². The Kier molecular flexibility index (Phi) is 3.81. The molecular formula is C9H19ClN2. The molecule has 3 fully saturated rings. The van der Waals surface area contributed by atoms with Crippen molar-refractivity contribution in [2.24, 2.45) is 5.92 Å². The molecular weight excluding hydrogens is 172 g/mol. The second kappa shape index (κ2) is 4.45. The number of nitrogens with one attached hydrogen (secondary N) is 1. The maximum absolute atomic E-state index is 3.57. The van der Waals surface area contributed by atoms with E-state index in [4.69, 9.17) is 0 Å². The maximum Gasteiger partial charge on any atom is 0.0224 e. The third kappa shape index (κ3) is 1.93. The molecule has 0 aliphatic carbocycles. The van der Waals surface area contributed by atoms with Crippen molar-refractivity contribution < 1.29 is 0 Å². The summed E-state index contributed by atoms with van der Waals surface area (Å²) >= 11 is 0. The Bertz CT molecular complexity index is 132. The van der Waals surface area contributed by atoms with Crippen molar-refractivity contribution in [3.8, 4) is 0 Å². The minimum absolute atomic E-state index is 0. The molecule has 0 radical (unpaired) electrons. The van der Waals surface area contributed by atoms with Crippen molar-refractivity contribution in [1.29, 1.82) is 0 Å². The van der Waals surface area contributed by atoms with E-state index in [1.54, 1.807) is 0 Å². The largest absolute Gasteiger partial charge is 0.313 e. The van der Waals surface area contributed by atoms with E-state index in [-0.39, 0.29) is 12.4 Å². The molecule has 1 N–H and O–H groups in total. The Hall–Kier alpha value is 0.210. The Morgan fingerprint density at radius 3 is 2.42 bits per heavy atom. The van der Waals surface area contributed by atoms with E-state index in [0.29, 0.717) is 0 Å². The van der Waals surface area contributed by atoms with E-state index in [1.165, 1.54) is 32.5 Å². The molecule has 0 aromatic carbocycles. The number of hydrogen-bond acceptors (Lipinski definition) is 2. The second-order valence-corrected chi connectivity index (χ2v) is 3.80. The van der Waals surface area contributed by atoms with Crippen LogP contribution in [-0.4, -0.2) is 37.1 Å². The van der Waals surface area contributed by atoms with Gasteiger partial charge < -0.3 is 10.2 Å². The molecule has 1 unspecified atom stereocenters. The molecule has 0 aromatic heterocycles. The molecule has 72 valence electrons. The molecule has 3 heteroatoms. The molecule has 3 saturated heterocycles. The van der Waals surface area contributed by atoms with Gasteiger partial charge in [0.15, 0.2) is 0 Å². The van der Waals surface area contributed by atoms with E-state index in [1.807, 2.05) is 0 Å². The van der Waals surface area contributed by atoms with Crippen molar-refractivity contribution in [2.75, 3.05) is 26.2 Å². The summed E-state index contributed by atoms with van der Waals surface area (Å²) in [5, 5.41) is 3.57. The lowest BCUT2D eigenvalue weighted by molar-refractivity contribution is 0.0737. The molecule has 3 heterocycles. The monoisotopic (exact) mass is 190 g/mol. The predicted molar refractivity (Wildman–Crippen MR) is 53.9 cm³/mol. The minimum atomic E-state index is 0. The van der Waals surface area contributed by atoms with Gasteiger partial charge in [-0.1, -0.05) is 6.92 Å². The summed E-state index contributed by atoms with van der Waals surface area (Å²) in [6.07, 6.45) is 2.86. The summed E-state index contributed by atoms with van der Waals surface area (Å²) in [5.74, 6) is 0.986. The van der Waals surface area contributed by atoms with Gasteiger partial charge in [-0.25, -0.2) is 0 Å². The van der Waals surface area contributed by atoms with E-state index in [2.05, 4.69) is 17.1 Å². The van der Waals surface area contributed by atoms with Gasteiger partial charge in [0, 0.05) is 12.6 Å². The van der Waals surface area contributed by atoms with Crippen molar-refractivity contribution in [1.82, 2.24) is 10.2 Å². The lowest BCUT2D eigenvalue weighted by atomic mass is 9.84. The Balaban J connectivity index is 0.000000720. The lowest BCUT2D eigenvalue weighted by Crippen LogP contribution is -2.55.